The monoisotopic (exact) mass is 258 g/mol. The van der Waals surface area contributed by atoms with E-state index in [1.807, 2.05) is 13.0 Å². The normalized spacial score (nSPS) is 20.8. The van der Waals surface area contributed by atoms with E-state index in [1.54, 1.807) is 12.1 Å². The van der Waals surface area contributed by atoms with Crippen molar-refractivity contribution in [1.82, 2.24) is 5.32 Å². The zero-order chi connectivity index (χ0) is 13.6. The highest BCUT2D eigenvalue weighted by molar-refractivity contribution is 5.96. The summed E-state index contributed by atoms with van der Waals surface area (Å²) in [6, 6.07) is 6.34. The Labute approximate surface area is 108 Å². The number of ether oxygens (including phenoxy) is 1. The van der Waals surface area contributed by atoms with Crippen LogP contribution in [0.1, 0.15) is 18.4 Å². The third kappa shape index (κ3) is 1.77. The second-order valence-electron chi connectivity index (χ2n) is 4.43. The molecular formula is C13H10N2O4. The summed E-state index contributed by atoms with van der Waals surface area (Å²) in [5, 5.41) is 13.7. The van der Waals surface area contributed by atoms with Gasteiger partial charge in [0.15, 0.2) is 11.5 Å². The molecule has 0 saturated carbocycles. The molecule has 0 bridgehead atoms. The van der Waals surface area contributed by atoms with E-state index in [0.717, 1.165) is 11.3 Å². The molecule has 1 aromatic rings. The lowest BCUT2D eigenvalue weighted by Crippen LogP contribution is -2.37. The molecule has 0 radical (unpaired) electrons. The van der Waals surface area contributed by atoms with E-state index in [4.69, 9.17) is 4.74 Å². The highest BCUT2D eigenvalue weighted by atomic mass is 16.6. The molecule has 6 nitrogen and oxygen atoms in total. The summed E-state index contributed by atoms with van der Waals surface area (Å²) in [6.07, 6.45) is 1.88. The van der Waals surface area contributed by atoms with Gasteiger partial charge in [0.1, 0.15) is 0 Å². The second kappa shape index (κ2) is 3.94. The number of dihydropyridines is 1. The van der Waals surface area contributed by atoms with Crippen molar-refractivity contribution in [1.29, 1.82) is 0 Å². The third-order valence-corrected chi connectivity index (χ3v) is 3.11. The molecule has 1 unspecified atom stereocenters. The molecule has 0 saturated heterocycles. The zero-order valence-corrected chi connectivity index (χ0v) is 10.0. The van der Waals surface area contributed by atoms with E-state index >= 15 is 0 Å². The van der Waals surface area contributed by atoms with Gasteiger partial charge in [0.25, 0.3) is 5.69 Å². The first-order chi connectivity index (χ1) is 9.06. The number of non-ortho nitro benzene ring substituents is 1. The van der Waals surface area contributed by atoms with Crippen molar-refractivity contribution in [2.45, 2.75) is 12.8 Å². The van der Waals surface area contributed by atoms with Crippen LogP contribution in [0.25, 0.3) is 0 Å². The molecule has 2 aliphatic rings. The van der Waals surface area contributed by atoms with Gasteiger partial charge in [0.2, 0.25) is 0 Å². The molecular weight excluding hydrogens is 248 g/mol. The van der Waals surface area contributed by atoms with Crippen LogP contribution in [-0.2, 0) is 9.53 Å². The molecule has 1 aromatic carbocycles. The number of nitro groups is 1. The molecule has 0 fully saturated rings. The van der Waals surface area contributed by atoms with Gasteiger partial charge in [0, 0.05) is 17.8 Å². The average Bonchev–Trinajstić information content (AvgIpc) is 2.39. The molecule has 0 amide bonds. The van der Waals surface area contributed by atoms with Crippen LogP contribution in [-0.4, -0.2) is 10.9 Å². The second-order valence-corrected chi connectivity index (χ2v) is 4.43. The Kier molecular flexibility index (Phi) is 2.38. The predicted octanol–water partition coefficient (Wildman–Crippen LogP) is 1.95. The number of esters is 1. The van der Waals surface area contributed by atoms with Crippen LogP contribution in [0.2, 0.25) is 0 Å². The summed E-state index contributed by atoms with van der Waals surface area (Å²) in [5.74, 6) is -0.122. The Hall–Kier alpha value is -2.63. The van der Waals surface area contributed by atoms with Crippen LogP contribution in [0.15, 0.2) is 47.5 Å². The zero-order valence-electron chi connectivity index (χ0n) is 10.0. The minimum Gasteiger partial charge on any atom is -0.423 e. The Morgan fingerprint density at radius 3 is 2.89 bits per heavy atom. The number of carbonyl (C=O) groups excluding carboxylic acids is 1. The topological polar surface area (TPSA) is 81.5 Å². The standard InChI is InChI=1S/C13H10N2O4/c1-7-5-10(12-11(14-7)13(16)19-12)8-3-2-4-9(6-8)15(17)18/h2-6,10,14H,1H3. The van der Waals surface area contributed by atoms with Crippen LogP contribution in [0.4, 0.5) is 5.69 Å². The Bertz CT molecular complexity index is 660. The van der Waals surface area contributed by atoms with Crippen molar-refractivity contribution < 1.29 is 14.5 Å². The van der Waals surface area contributed by atoms with Gasteiger partial charge in [-0.3, -0.25) is 10.1 Å². The fourth-order valence-corrected chi connectivity index (χ4v) is 2.23. The van der Waals surface area contributed by atoms with Crippen LogP contribution >= 0.6 is 0 Å². The largest absolute Gasteiger partial charge is 0.423 e. The number of hydrogen-bond donors (Lipinski definition) is 1. The number of nitrogens with one attached hydrogen (secondary N) is 1. The Morgan fingerprint density at radius 1 is 1.42 bits per heavy atom. The van der Waals surface area contributed by atoms with Crippen molar-refractivity contribution in [3.8, 4) is 0 Å². The smallest absolute Gasteiger partial charge is 0.363 e. The average molecular weight is 258 g/mol. The van der Waals surface area contributed by atoms with Gasteiger partial charge in [0.05, 0.1) is 10.8 Å². The Balaban J connectivity index is 2.04. The maximum Gasteiger partial charge on any atom is 0.363 e. The quantitative estimate of drug-likeness (QED) is 0.498. The van der Waals surface area contributed by atoms with Gasteiger partial charge in [-0.2, -0.15) is 0 Å². The van der Waals surface area contributed by atoms with Crippen molar-refractivity contribution in [2.75, 3.05) is 0 Å². The maximum atomic E-state index is 11.3. The summed E-state index contributed by atoms with van der Waals surface area (Å²) < 4.78 is 5.02. The summed E-state index contributed by atoms with van der Waals surface area (Å²) in [4.78, 5) is 21.6. The molecule has 0 aromatic heterocycles. The maximum absolute atomic E-state index is 11.3. The highest BCUT2D eigenvalue weighted by Gasteiger charge is 2.38. The van der Waals surface area contributed by atoms with E-state index in [-0.39, 0.29) is 11.6 Å². The first-order valence-electron chi connectivity index (χ1n) is 5.72. The first-order valence-corrected chi connectivity index (χ1v) is 5.72. The van der Waals surface area contributed by atoms with Gasteiger partial charge < -0.3 is 10.1 Å². The molecule has 6 heteroatoms. The van der Waals surface area contributed by atoms with E-state index in [1.165, 1.54) is 12.1 Å². The molecule has 0 aliphatic carbocycles. The summed E-state index contributed by atoms with van der Waals surface area (Å²) in [5.41, 5.74) is 2.02. The van der Waals surface area contributed by atoms with E-state index in [9.17, 15) is 14.9 Å². The molecule has 1 atom stereocenters. The van der Waals surface area contributed by atoms with E-state index in [2.05, 4.69) is 5.32 Å². The lowest BCUT2D eigenvalue weighted by atomic mass is 9.90. The summed E-state index contributed by atoms with van der Waals surface area (Å²) >= 11 is 0. The van der Waals surface area contributed by atoms with Crippen molar-refractivity contribution >= 4 is 11.7 Å². The molecule has 0 spiro atoms. The van der Waals surface area contributed by atoms with Gasteiger partial charge in [-0.05, 0) is 12.5 Å². The van der Waals surface area contributed by atoms with Crippen LogP contribution < -0.4 is 5.32 Å². The highest BCUT2D eigenvalue weighted by Crippen LogP contribution is 2.39. The third-order valence-electron chi connectivity index (χ3n) is 3.11. The number of allylic oxidation sites excluding steroid dienone is 2. The van der Waals surface area contributed by atoms with Gasteiger partial charge in [-0.1, -0.05) is 18.2 Å². The lowest BCUT2D eigenvalue weighted by molar-refractivity contribution is -0.384. The minimum atomic E-state index is -0.441. The van der Waals surface area contributed by atoms with Crippen LogP contribution in [0.5, 0.6) is 0 Å². The summed E-state index contributed by atoms with van der Waals surface area (Å²) in [7, 11) is 0. The predicted molar refractivity (Wildman–Crippen MR) is 65.8 cm³/mol. The molecule has 2 heterocycles. The SMILES string of the molecule is CC1=CC(c2cccc([N+](=O)[O-])c2)C2=C(N1)C(=O)O2. The molecule has 96 valence electrons. The van der Waals surface area contributed by atoms with Gasteiger partial charge >= 0.3 is 5.97 Å². The summed E-state index contributed by atoms with van der Waals surface area (Å²) in [6.45, 7) is 1.83. The molecule has 19 heavy (non-hydrogen) atoms. The number of benzene rings is 1. The number of hydrogen-bond acceptors (Lipinski definition) is 5. The number of nitrogens with zero attached hydrogens (tertiary/aromatic N) is 1. The number of rotatable bonds is 2. The van der Waals surface area contributed by atoms with Crippen molar-refractivity contribution in [2.24, 2.45) is 0 Å². The Morgan fingerprint density at radius 2 is 2.21 bits per heavy atom. The van der Waals surface area contributed by atoms with Crippen LogP contribution in [0.3, 0.4) is 0 Å². The number of nitro benzene ring substituents is 1. The van der Waals surface area contributed by atoms with Crippen molar-refractivity contribution in [3.63, 3.8) is 0 Å². The fraction of sp³-hybridized carbons (Fsp3) is 0.154. The fourth-order valence-electron chi connectivity index (χ4n) is 2.23. The lowest BCUT2D eigenvalue weighted by Gasteiger charge is -2.32. The first kappa shape index (κ1) is 11.5. The number of carbonyl (C=O) groups is 1. The molecule has 1 N–H and O–H groups in total. The van der Waals surface area contributed by atoms with Crippen molar-refractivity contribution in [3.05, 3.63) is 63.2 Å². The molecule has 3 rings (SSSR count). The van der Waals surface area contributed by atoms with E-state index < -0.39 is 10.9 Å². The van der Waals surface area contributed by atoms with Gasteiger partial charge in [-0.15, -0.1) is 0 Å². The van der Waals surface area contributed by atoms with E-state index in [0.29, 0.717) is 11.5 Å². The van der Waals surface area contributed by atoms with Gasteiger partial charge in [-0.25, -0.2) is 4.79 Å². The molecule has 2 aliphatic heterocycles. The minimum absolute atomic E-state index is 0.0230. The van der Waals surface area contributed by atoms with Crippen LogP contribution in [0, 0.1) is 10.1 Å².